The molecule has 1 rings (SSSR count). The molecule has 94 valence electrons. The minimum absolute atomic E-state index is 0.184. The lowest BCUT2D eigenvalue weighted by Crippen LogP contribution is -2.13. The van der Waals surface area contributed by atoms with Gasteiger partial charge < -0.3 is 10.5 Å². The zero-order chi connectivity index (χ0) is 12.9. The van der Waals surface area contributed by atoms with E-state index in [1.807, 2.05) is 12.1 Å². The molecule has 1 aromatic carbocycles. The second-order valence-electron chi connectivity index (χ2n) is 5.35. The maximum Gasteiger partial charge on any atom is 0.338 e. The van der Waals surface area contributed by atoms with Crippen LogP contribution in [0.25, 0.3) is 0 Å². The van der Waals surface area contributed by atoms with Crippen molar-refractivity contribution in [2.24, 2.45) is 11.1 Å². The van der Waals surface area contributed by atoms with Crippen molar-refractivity contribution in [3.63, 3.8) is 0 Å². The van der Waals surface area contributed by atoms with Gasteiger partial charge in [-0.25, -0.2) is 4.79 Å². The molecule has 3 nitrogen and oxygen atoms in total. The molecule has 0 atom stereocenters. The third-order valence-electron chi connectivity index (χ3n) is 2.51. The van der Waals surface area contributed by atoms with Crippen molar-refractivity contribution in [1.29, 1.82) is 0 Å². The molecule has 0 unspecified atom stereocenters. The number of ether oxygens (including phenoxy) is 1. The molecule has 0 saturated carbocycles. The van der Waals surface area contributed by atoms with Crippen LogP contribution in [0.5, 0.6) is 0 Å². The van der Waals surface area contributed by atoms with Crippen molar-refractivity contribution in [1.82, 2.24) is 0 Å². The molecule has 3 heteroatoms. The number of hydrogen-bond acceptors (Lipinski definition) is 3. The molecule has 0 heterocycles. The van der Waals surface area contributed by atoms with Crippen LogP contribution in [-0.4, -0.2) is 12.6 Å². The molecule has 0 fully saturated rings. The maximum absolute atomic E-state index is 11.7. The van der Waals surface area contributed by atoms with Gasteiger partial charge in [0.15, 0.2) is 0 Å². The standard InChI is InChI=1S/C14H21NO2/c1-14(2,3)8-9-17-13(16)12-6-4-11(10-15)5-7-12/h4-7H,8-10,15H2,1-3H3. The van der Waals surface area contributed by atoms with Gasteiger partial charge in [0.2, 0.25) is 0 Å². The second-order valence-corrected chi connectivity index (χ2v) is 5.35. The van der Waals surface area contributed by atoms with Gasteiger partial charge in [-0.2, -0.15) is 0 Å². The van der Waals surface area contributed by atoms with Crippen molar-refractivity contribution < 1.29 is 9.53 Å². The minimum Gasteiger partial charge on any atom is -0.462 e. The number of esters is 1. The monoisotopic (exact) mass is 235 g/mol. The number of hydrogen-bond donors (Lipinski definition) is 1. The lowest BCUT2D eigenvalue weighted by Gasteiger charge is -2.17. The SMILES string of the molecule is CC(C)(C)CCOC(=O)c1ccc(CN)cc1. The molecule has 0 aliphatic heterocycles. The average molecular weight is 235 g/mol. The van der Waals surface area contributed by atoms with Crippen molar-refractivity contribution in [3.8, 4) is 0 Å². The second kappa shape index (κ2) is 5.82. The van der Waals surface area contributed by atoms with E-state index in [9.17, 15) is 4.79 Å². The first-order valence-electron chi connectivity index (χ1n) is 5.88. The van der Waals surface area contributed by atoms with Gasteiger partial charge >= 0.3 is 5.97 Å². The Balaban J connectivity index is 2.47. The van der Waals surface area contributed by atoms with Gasteiger partial charge in [-0.15, -0.1) is 0 Å². The molecule has 0 radical (unpaired) electrons. The summed E-state index contributed by atoms with van der Waals surface area (Å²) in [5.74, 6) is -0.266. The smallest absolute Gasteiger partial charge is 0.338 e. The Kier molecular flexibility index (Phi) is 4.70. The summed E-state index contributed by atoms with van der Waals surface area (Å²) < 4.78 is 5.21. The Morgan fingerprint density at radius 2 is 1.82 bits per heavy atom. The van der Waals surface area contributed by atoms with Crippen LogP contribution in [0.4, 0.5) is 0 Å². The molecular formula is C14H21NO2. The highest BCUT2D eigenvalue weighted by atomic mass is 16.5. The maximum atomic E-state index is 11.7. The number of rotatable bonds is 4. The van der Waals surface area contributed by atoms with E-state index in [1.165, 1.54) is 0 Å². The van der Waals surface area contributed by atoms with Gasteiger partial charge in [-0.3, -0.25) is 0 Å². The van der Waals surface area contributed by atoms with Gasteiger partial charge in [-0.1, -0.05) is 32.9 Å². The zero-order valence-electron chi connectivity index (χ0n) is 10.8. The lowest BCUT2D eigenvalue weighted by atomic mass is 9.93. The van der Waals surface area contributed by atoms with Crippen LogP contribution >= 0.6 is 0 Å². The molecule has 0 bridgehead atoms. The van der Waals surface area contributed by atoms with E-state index in [4.69, 9.17) is 10.5 Å². The fraction of sp³-hybridized carbons (Fsp3) is 0.500. The quantitative estimate of drug-likeness (QED) is 0.816. The first-order valence-corrected chi connectivity index (χ1v) is 5.88. The lowest BCUT2D eigenvalue weighted by molar-refractivity contribution is 0.0465. The summed E-state index contributed by atoms with van der Waals surface area (Å²) in [6, 6.07) is 7.20. The Morgan fingerprint density at radius 3 is 2.29 bits per heavy atom. The highest BCUT2D eigenvalue weighted by molar-refractivity contribution is 5.89. The first kappa shape index (κ1) is 13.7. The third-order valence-corrected chi connectivity index (χ3v) is 2.51. The fourth-order valence-electron chi connectivity index (χ4n) is 1.31. The Morgan fingerprint density at radius 1 is 1.24 bits per heavy atom. The summed E-state index contributed by atoms with van der Waals surface area (Å²) in [5.41, 5.74) is 7.26. The van der Waals surface area contributed by atoms with E-state index in [0.29, 0.717) is 18.7 Å². The number of nitrogens with two attached hydrogens (primary N) is 1. The van der Waals surface area contributed by atoms with Crippen molar-refractivity contribution >= 4 is 5.97 Å². The van der Waals surface area contributed by atoms with Gasteiger partial charge in [0.25, 0.3) is 0 Å². The molecule has 0 saturated heterocycles. The fourth-order valence-corrected chi connectivity index (χ4v) is 1.31. The minimum atomic E-state index is -0.266. The molecule has 0 amide bonds. The molecule has 2 N–H and O–H groups in total. The van der Waals surface area contributed by atoms with Crippen LogP contribution in [0.1, 0.15) is 43.1 Å². The molecule has 0 aliphatic carbocycles. The zero-order valence-corrected chi connectivity index (χ0v) is 10.8. The summed E-state index contributed by atoms with van der Waals surface area (Å²) in [7, 11) is 0. The van der Waals surface area contributed by atoms with Crippen molar-refractivity contribution in [3.05, 3.63) is 35.4 Å². The van der Waals surface area contributed by atoms with E-state index in [-0.39, 0.29) is 11.4 Å². The van der Waals surface area contributed by atoms with E-state index in [0.717, 1.165) is 12.0 Å². The predicted molar refractivity (Wildman–Crippen MR) is 68.7 cm³/mol. The number of carbonyl (C=O) groups is 1. The van der Waals surface area contributed by atoms with E-state index >= 15 is 0 Å². The first-order chi connectivity index (χ1) is 7.92. The van der Waals surface area contributed by atoms with Crippen LogP contribution < -0.4 is 5.73 Å². The van der Waals surface area contributed by atoms with Gasteiger partial charge in [-0.05, 0) is 29.5 Å². The van der Waals surface area contributed by atoms with Crippen LogP contribution in [0.3, 0.4) is 0 Å². The number of carbonyl (C=O) groups excluding carboxylic acids is 1. The van der Waals surface area contributed by atoms with Crippen LogP contribution in [0.15, 0.2) is 24.3 Å². The summed E-state index contributed by atoms with van der Waals surface area (Å²) in [6.07, 6.45) is 0.861. The van der Waals surface area contributed by atoms with Crippen LogP contribution in [-0.2, 0) is 11.3 Å². The molecule has 17 heavy (non-hydrogen) atoms. The topological polar surface area (TPSA) is 52.3 Å². The summed E-state index contributed by atoms with van der Waals surface area (Å²) in [5, 5.41) is 0. The van der Waals surface area contributed by atoms with Gasteiger partial charge in [0.1, 0.15) is 0 Å². The normalized spacial score (nSPS) is 11.3. The molecule has 1 aromatic rings. The Bertz CT molecular complexity index is 363. The van der Waals surface area contributed by atoms with Gasteiger partial charge in [0, 0.05) is 6.54 Å². The van der Waals surface area contributed by atoms with Crippen LogP contribution in [0.2, 0.25) is 0 Å². The molecule has 0 spiro atoms. The highest BCUT2D eigenvalue weighted by Crippen LogP contribution is 2.18. The van der Waals surface area contributed by atoms with Gasteiger partial charge in [0.05, 0.1) is 12.2 Å². The van der Waals surface area contributed by atoms with Crippen LogP contribution in [0, 0.1) is 5.41 Å². The molecule has 0 aliphatic rings. The van der Waals surface area contributed by atoms with Crippen molar-refractivity contribution in [2.75, 3.05) is 6.61 Å². The number of benzene rings is 1. The Hall–Kier alpha value is -1.35. The summed E-state index contributed by atoms with van der Waals surface area (Å²) >= 11 is 0. The summed E-state index contributed by atoms with van der Waals surface area (Å²) in [4.78, 5) is 11.7. The summed E-state index contributed by atoms with van der Waals surface area (Å²) in [6.45, 7) is 7.31. The molecule has 0 aromatic heterocycles. The molecular weight excluding hydrogens is 214 g/mol. The van der Waals surface area contributed by atoms with E-state index in [1.54, 1.807) is 12.1 Å². The third kappa shape index (κ3) is 5.00. The van der Waals surface area contributed by atoms with E-state index < -0.39 is 0 Å². The largest absolute Gasteiger partial charge is 0.462 e. The van der Waals surface area contributed by atoms with E-state index in [2.05, 4.69) is 20.8 Å². The predicted octanol–water partition coefficient (Wildman–Crippen LogP) is 2.74. The Labute approximate surface area is 103 Å². The highest BCUT2D eigenvalue weighted by Gasteiger charge is 2.12. The van der Waals surface area contributed by atoms with Crippen molar-refractivity contribution in [2.45, 2.75) is 33.7 Å². The average Bonchev–Trinajstić information content (AvgIpc) is 2.27.